The molecule has 0 aliphatic carbocycles. The van der Waals surface area contributed by atoms with Crippen molar-refractivity contribution in [1.29, 1.82) is 0 Å². The number of rotatable bonds is 12. The Morgan fingerprint density at radius 2 is 1.55 bits per heavy atom. The number of esters is 2. The van der Waals surface area contributed by atoms with Crippen LogP contribution in [-0.4, -0.2) is 43.4 Å². The average molecular weight is 456 g/mol. The number of hydrogen-bond acceptors (Lipinski definition) is 7. The predicted molar refractivity (Wildman–Crippen MR) is 121 cm³/mol. The van der Waals surface area contributed by atoms with Gasteiger partial charge in [0.15, 0.2) is 0 Å². The van der Waals surface area contributed by atoms with Gasteiger partial charge in [0.05, 0.1) is 13.7 Å². The highest BCUT2D eigenvalue weighted by atomic mass is 16.5. The van der Waals surface area contributed by atoms with Gasteiger partial charge in [0.1, 0.15) is 23.3 Å². The minimum absolute atomic E-state index is 0.0300. The number of methoxy groups -OCH3 is 1. The summed E-state index contributed by atoms with van der Waals surface area (Å²) in [5.41, 5.74) is 1.14. The van der Waals surface area contributed by atoms with E-state index >= 15 is 0 Å². The van der Waals surface area contributed by atoms with Gasteiger partial charge >= 0.3 is 11.9 Å². The van der Waals surface area contributed by atoms with Crippen molar-refractivity contribution in [2.75, 3.05) is 13.7 Å². The van der Waals surface area contributed by atoms with Crippen LogP contribution in [0.5, 0.6) is 11.5 Å². The van der Waals surface area contributed by atoms with E-state index in [2.05, 4.69) is 5.32 Å². The standard InChI is InChI=1S/C25H29NO7/c1-4-32-25(30)22(26-24(29)19-10-14-20(31-3)15-11-19)16-18-8-12-21(13-9-18)33-23(28)7-5-6-17(2)27/h8-15,22H,4-7,16H2,1-3H3,(H,26,29). The Kier molecular flexibility index (Phi) is 10.1. The Labute approximate surface area is 193 Å². The van der Waals surface area contributed by atoms with Gasteiger partial charge in [0.2, 0.25) is 0 Å². The molecule has 1 unspecified atom stereocenters. The Balaban J connectivity index is 2.00. The van der Waals surface area contributed by atoms with Gasteiger partial charge in [-0.25, -0.2) is 4.79 Å². The molecular formula is C25H29NO7. The van der Waals surface area contributed by atoms with Crippen molar-refractivity contribution in [1.82, 2.24) is 5.32 Å². The molecule has 1 atom stereocenters. The minimum Gasteiger partial charge on any atom is -0.497 e. The third-order valence-electron chi connectivity index (χ3n) is 4.73. The molecular weight excluding hydrogens is 426 g/mol. The summed E-state index contributed by atoms with van der Waals surface area (Å²) in [5.74, 6) is -0.357. The summed E-state index contributed by atoms with van der Waals surface area (Å²) in [4.78, 5) is 47.9. The smallest absolute Gasteiger partial charge is 0.328 e. The lowest BCUT2D eigenvalue weighted by Crippen LogP contribution is -2.43. The van der Waals surface area contributed by atoms with E-state index in [0.29, 0.717) is 29.9 Å². The molecule has 176 valence electrons. The van der Waals surface area contributed by atoms with Crippen molar-refractivity contribution in [2.45, 2.75) is 45.6 Å². The third kappa shape index (κ3) is 8.76. The summed E-state index contributed by atoms with van der Waals surface area (Å²) in [6, 6.07) is 12.3. The van der Waals surface area contributed by atoms with E-state index in [1.165, 1.54) is 14.0 Å². The van der Waals surface area contributed by atoms with Crippen LogP contribution < -0.4 is 14.8 Å². The van der Waals surface area contributed by atoms with Gasteiger partial charge in [0, 0.05) is 24.8 Å². The second kappa shape index (κ2) is 13.0. The molecule has 0 spiro atoms. The highest BCUT2D eigenvalue weighted by Gasteiger charge is 2.23. The van der Waals surface area contributed by atoms with Crippen LogP contribution in [0.2, 0.25) is 0 Å². The quantitative estimate of drug-likeness (QED) is 0.387. The van der Waals surface area contributed by atoms with E-state index < -0.39 is 23.9 Å². The molecule has 0 aromatic heterocycles. The second-order valence-electron chi connectivity index (χ2n) is 7.38. The molecule has 2 aromatic rings. The van der Waals surface area contributed by atoms with Crippen LogP contribution in [0, 0.1) is 0 Å². The molecule has 2 aromatic carbocycles. The fourth-order valence-corrected chi connectivity index (χ4v) is 3.01. The number of amides is 1. The van der Waals surface area contributed by atoms with E-state index in [9.17, 15) is 19.2 Å². The fourth-order valence-electron chi connectivity index (χ4n) is 3.01. The van der Waals surface area contributed by atoms with Crippen molar-refractivity contribution in [3.8, 4) is 11.5 Å². The van der Waals surface area contributed by atoms with Gasteiger partial charge in [-0.2, -0.15) is 0 Å². The summed E-state index contributed by atoms with van der Waals surface area (Å²) in [5, 5.41) is 2.72. The number of nitrogens with one attached hydrogen (secondary N) is 1. The summed E-state index contributed by atoms with van der Waals surface area (Å²) < 4.78 is 15.5. The minimum atomic E-state index is -0.889. The van der Waals surface area contributed by atoms with Crippen LogP contribution in [0.25, 0.3) is 0 Å². The first kappa shape index (κ1) is 25.6. The number of hydrogen-bond donors (Lipinski definition) is 1. The van der Waals surface area contributed by atoms with Crippen molar-refractivity contribution in [3.05, 3.63) is 59.7 Å². The van der Waals surface area contributed by atoms with Crippen LogP contribution in [0.1, 0.15) is 49.0 Å². The summed E-state index contributed by atoms with van der Waals surface area (Å²) in [6.45, 7) is 3.36. The molecule has 8 heteroatoms. The summed E-state index contributed by atoms with van der Waals surface area (Å²) in [6.07, 6.45) is 1.14. The lowest BCUT2D eigenvalue weighted by molar-refractivity contribution is -0.145. The zero-order chi connectivity index (χ0) is 24.2. The first-order valence-electron chi connectivity index (χ1n) is 10.7. The molecule has 0 heterocycles. The van der Waals surface area contributed by atoms with Crippen LogP contribution in [0.4, 0.5) is 0 Å². The van der Waals surface area contributed by atoms with E-state index in [0.717, 1.165) is 5.56 Å². The molecule has 8 nitrogen and oxygen atoms in total. The van der Waals surface area contributed by atoms with Crippen LogP contribution in [-0.2, 0) is 25.5 Å². The Morgan fingerprint density at radius 3 is 2.12 bits per heavy atom. The van der Waals surface area contributed by atoms with E-state index in [1.54, 1.807) is 55.5 Å². The number of Topliss-reactive ketones (excluding diaryl/α,β-unsaturated/α-hetero) is 1. The average Bonchev–Trinajstić information content (AvgIpc) is 2.79. The normalized spacial score (nSPS) is 11.2. The molecule has 1 N–H and O–H groups in total. The maximum absolute atomic E-state index is 12.6. The number of carbonyl (C=O) groups excluding carboxylic acids is 4. The number of ketones is 1. The lowest BCUT2D eigenvalue weighted by atomic mass is 10.0. The summed E-state index contributed by atoms with van der Waals surface area (Å²) in [7, 11) is 1.53. The lowest BCUT2D eigenvalue weighted by Gasteiger charge is -2.18. The molecule has 0 bridgehead atoms. The molecule has 0 saturated heterocycles. The van der Waals surface area contributed by atoms with Crippen molar-refractivity contribution >= 4 is 23.6 Å². The first-order valence-corrected chi connectivity index (χ1v) is 10.7. The van der Waals surface area contributed by atoms with Crippen LogP contribution >= 0.6 is 0 Å². The molecule has 2 rings (SSSR count). The molecule has 1 amide bonds. The Hall–Kier alpha value is -3.68. The molecule has 0 saturated carbocycles. The third-order valence-corrected chi connectivity index (χ3v) is 4.73. The zero-order valence-corrected chi connectivity index (χ0v) is 19.1. The maximum atomic E-state index is 12.6. The Bertz CT molecular complexity index is 952. The number of ether oxygens (including phenoxy) is 3. The van der Waals surface area contributed by atoms with E-state index in [4.69, 9.17) is 14.2 Å². The molecule has 0 radical (unpaired) electrons. The SMILES string of the molecule is CCOC(=O)C(Cc1ccc(OC(=O)CCCC(C)=O)cc1)NC(=O)c1ccc(OC)cc1. The topological polar surface area (TPSA) is 108 Å². The predicted octanol–water partition coefficient (Wildman–Crippen LogP) is 3.26. The number of carbonyl (C=O) groups is 4. The number of benzene rings is 2. The molecule has 0 fully saturated rings. The van der Waals surface area contributed by atoms with E-state index in [1.807, 2.05) is 0 Å². The largest absolute Gasteiger partial charge is 0.497 e. The maximum Gasteiger partial charge on any atom is 0.328 e. The van der Waals surface area contributed by atoms with Crippen LogP contribution in [0.15, 0.2) is 48.5 Å². The Morgan fingerprint density at radius 1 is 0.909 bits per heavy atom. The highest BCUT2D eigenvalue weighted by Crippen LogP contribution is 2.16. The zero-order valence-electron chi connectivity index (χ0n) is 19.1. The highest BCUT2D eigenvalue weighted by molar-refractivity contribution is 5.97. The van der Waals surface area contributed by atoms with Gasteiger partial charge in [-0.1, -0.05) is 12.1 Å². The van der Waals surface area contributed by atoms with Gasteiger partial charge < -0.3 is 24.3 Å². The van der Waals surface area contributed by atoms with Gasteiger partial charge in [-0.05, 0) is 62.2 Å². The molecule has 0 aliphatic heterocycles. The molecule has 33 heavy (non-hydrogen) atoms. The van der Waals surface area contributed by atoms with E-state index in [-0.39, 0.29) is 25.2 Å². The van der Waals surface area contributed by atoms with Crippen molar-refractivity contribution in [2.24, 2.45) is 0 Å². The van der Waals surface area contributed by atoms with Crippen molar-refractivity contribution < 1.29 is 33.4 Å². The monoisotopic (exact) mass is 455 g/mol. The first-order chi connectivity index (χ1) is 15.8. The fraction of sp³-hybridized carbons (Fsp3) is 0.360. The second-order valence-corrected chi connectivity index (χ2v) is 7.38. The van der Waals surface area contributed by atoms with Gasteiger partial charge in [-0.15, -0.1) is 0 Å². The van der Waals surface area contributed by atoms with Gasteiger partial charge in [0.25, 0.3) is 5.91 Å². The van der Waals surface area contributed by atoms with Gasteiger partial charge in [-0.3, -0.25) is 9.59 Å². The summed E-state index contributed by atoms with van der Waals surface area (Å²) >= 11 is 0. The van der Waals surface area contributed by atoms with Crippen molar-refractivity contribution in [3.63, 3.8) is 0 Å². The van der Waals surface area contributed by atoms with Crippen LogP contribution in [0.3, 0.4) is 0 Å². The molecule has 0 aliphatic rings.